The van der Waals surface area contributed by atoms with Crippen molar-refractivity contribution >= 4 is 17.6 Å². The number of rotatable bonds is 3. The van der Waals surface area contributed by atoms with Crippen molar-refractivity contribution in [1.29, 1.82) is 0 Å². The Morgan fingerprint density at radius 2 is 1.76 bits per heavy atom. The van der Waals surface area contributed by atoms with Crippen LogP contribution in [0.5, 0.6) is 5.75 Å². The second kappa shape index (κ2) is 6.34. The molecule has 1 aliphatic carbocycles. The van der Waals surface area contributed by atoms with Crippen LogP contribution in [0.2, 0.25) is 0 Å². The third-order valence-corrected chi connectivity index (χ3v) is 5.40. The molecule has 2 heterocycles. The minimum Gasteiger partial charge on any atom is -0.486 e. The number of hydrogen-bond acceptors (Lipinski definition) is 5. The molecule has 2 aliphatic rings. The first-order valence-corrected chi connectivity index (χ1v) is 9.29. The van der Waals surface area contributed by atoms with Crippen LogP contribution in [0, 0.1) is 0 Å². The van der Waals surface area contributed by atoms with Gasteiger partial charge in [0.2, 0.25) is 0 Å². The van der Waals surface area contributed by atoms with Gasteiger partial charge in [0.25, 0.3) is 17.4 Å². The summed E-state index contributed by atoms with van der Waals surface area (Å²) < 4.78 is 7.34. The van der Waals surface area contributed by atoms with Crippen molar-refractivity contribution in [1.82, 2.24) is 9.88 Å². The molecule has 0 spiro atoms. The van der Waals surface area contributed by atoms with Gasteiger partial charge < -0.3 is 10.5 Å². The van der Waals surface area contributed by atoms with Crippen molar-refractivity contribution in [3.63, 3.8) is 0 Å². The fourth-order valence-corrected chi connectivity index (χ4v) is 4.02. The van der Waals surface area contributed by atoms with Crippen LogP contribution >= 0.6 is 0 Å². The summed E-state index contributed by atoms with van der Waals surface area (Å²) in [6.45, 7) is 0. The molecule has 7 heteroatoms. The number of nitrogens with zero attached hydrogens (tertiary/aromatic N) is 1. The molecule has 2 aromatic carbocycles. The van der Waals surface area contributed by atoms with E-state index in [1.54, 1.807) is 24.3 Å². The average Bonchev–Trinajstić information content (AvgIpc) is 3.24. The number of nitrogens with two attached hydrogens (primary N) is 1. The summed E-state index contributed by atoms with van der Waals surface area (Å²) in [6.07, 6.45) is 1.90. The SMILES string of the molecule is Nc1c2c(cc(=O)n1-c1ccc(OC3CCc4ccccc43)cc1)C(=O)NC2=O. The molecule has 1 unspecified atom stereocenters. The summed E-state index contributed by atoms with van der Waals surface area (Å²) in [7, 11) is 0. The smallest absolute Gasteiger partial charge is 0.262 e. The van der Waals surface area contributed by atoms with Crippen molar-refractivity contribution in [3.05, 3.63) is 87.2 Å². The number of carbonyl (C=O) groups is 2. The number of aryl methyl sites for hydroxylation is 1. The number of fused-ring (bicyclic) bond motifs is 2. The van der Waals surface area contributed by atoms with E-state index in [1.807, 2.05) is 12.1 Å². The second-order valence-electron chi connectivity index (χ2n) is 7.11. The molecular formula is C22H17N3O4. The highest BCUT2D eigenvalue weighted by Gasteiger charge is 2.32. The maximum Gasteiger partial charge on any atom is 0.262 e. The van der Waals surface area contributed by atoms with Gasteiger partial charge in [-0.25, -0.2) is 0 Å². The molecule has 29 heavy (non-hydrogen) atoms. The topological polar surface area (TPSA) is 103 Å². The Hall–Kier alpha value is -3.87. The zero-order valence-electron chi connectivity index (χ0n) is 15.3. The fourth-order valence-electron chi connectivity index (χ4n) is 4.02. The predicted octanol–water partition coefficient (Wildman–Crippen LogP) is 2.37. The van der Waals surface area contributed by atoms with Gasteiger partial charge >= 0.3 is 0 Å². The van der Waals surface area contributed by atoms with Gasteiger partial charge in [-0.05, 0) is 48.2 Å². The van der Waals surface area contributed by atoms with Crippen molar-refractivity contribution in [2.24, 2.45) is 0 Å². The first-order chi connectivity index (χ1) is 14.0. The van der Waals surface area contributed by atoms with Crippen molar-refractivity contribution < 1.29 is 14.3 Å². The van der Waals surface area contributed by atoms with E-state index in [2.05, 4.69) is 17.4 Å². The molecule has 2 amide bonds. The number of pyridine rings is 1. The van der Waals surface area contributed by atoms with Crippen LogP contribution in [0.15, 0.2) is 59.4 Å². The third-order valence-electron chi connectivity index (χ3n) is 5.40. The number of benzene rings is 2. The Labute approximate surface area is 165 Å². The molecule has 0 radical (unpaired) electrons. The van der Waals surface area contributed by atoms with Crippen LogP contribution in [-0.2, 0) is 6.42 Å². The highest BCUT2D eigenvalue weighted by atomic mass is 16.5. The summed E-state index contributed by atoms with van der Waals surface area (Å²) in [5, 5.41) is 2.16. The number of nitrogens with one attached hydrogen (secondary N) is 1. The van der Waals surface area contributed by atoms with Gasteiger partial charge in [0.1, 0.15) is 17.7 Å². The molecule has 0 saturated carbocycles. The molecule has 7 nitrogen and oxygen atoms in total. The summed E-state index contributed by atoms with van der Waals surface area (Å²) in [5.41, 5.74) is 8.61. The first-order valence-electron chi connectivity index (χ1n) is 9.29. The number of nitrogen functional groups attached to an aromatic ring is 1. The Kier molecular flexibility index (Phi) is 3.77. The minimum atomic E-state index is -0.610. The second-order valence-corrected chi connectivity index (χ2v) is 7.11. The van der Waals surface area contributed by atoms with E-state index in [0.29, 0.717) is 11.4 Å². The molecule has 1 atom stereocenters. The molecular weight excluding hydrogens is 370 g/mol. The number of anilines is 1. The fraction of sp³-hybridized carbons (Fsp3) is 0.136. The molecule has 0 saturated heterocycles. The van der Waals surface area contributed by atoms with Gasteiger partial charge in [0.15, 0.2) is 0 Å². The number of aromatic nitrogens is 1. The van der Waals surface area contributed by atoms with Crippen molar-refractivity contribution in [2.45, 2.75) is 18.9 Å². The van der Waals surface area contributed by atoms with Crippen LogP contribution in [-0.4, -0.2) is 16.4 Å². The molecule has 144 valence electrons. The lowest BCUT2D eigenvalue weighted by Gasteiger charge is -2.16. The van der Waals surface area contributed by atoms with Crippen LogP contribution < -0.4 is 21.3 Å². The highest BCUT2D eigenvalue weighted by Crippen LogP contribution is 2.35. The molecule has 1 aromatic heterocycles. The standard InChI is InChI=1S/C22H17N3O4/c23-20-19-16(21(27)24-22(19)28)11-18(26)25(20)13-6-8-14(9-7-13)29-17-10-5-12-3-1-2-4-15(12)17/h1-4,6-9,11,17H,5,10,23H2,(H,24,27,28). The largest absolute Gasteiger partial charge is 0.486 e. The van der Waals surface area contributed by atoms with Gasteiger partial charge in [-0.2, -0.15) is 0 Å². The van der Waals surface area contributed by atoms with E-state index in [0.717, 1.165) is 18.9 Å². The maximum atomic E-state index is 12.5. The van der Waals surface area contributed by atoms with E-state index in [-0.39, 0.29) is 23.0 Å². The Morgan fingerprint density at radius 3 is 2.55 bits per heavy atom. The molecule has 3 aromatic rings. The summed E-state index contributed by atoms with van der Waals surface area (Å²) in [5.74, 6) is -0.594. The number of hydrogen-bond donors (Lipinski definition) is 2. The van der Waals surface area contributed by atoms with Crippen LogP contribution in [0.1, 0.15) is 44.4 Å². The summed E-state index contributed by atoms with van der Waals surface area (Å²) in [4.78, 5) is 36.3. The zero-order valence-corrected chi connectivity index (χ0v) is 15.3. The molecule has 0 fully saturated rings. The lowest BCUT2D eigenvalue weighted by molar-refractivity contribution is 0.0880. The summed E-state index contributed by atoms with van der Waals surface area (Å²) in [6, 6.07) is 16.3. The van der Waals surface area contributed by atoms with Gasteiger partial charge in [-0.15, -0.1) is 0 Å². The van der Waals surface area contributed by atoms with Crippen LogP contribution in [0.3, 0.4) is 0 Å². The predicted molar refractivity (Wildman–Crippen MR) is 106 cm³/mol. The number of imide groups is 1. The van der Waals surface area contributed by atoms with Crippen LogP contribution in [0.4, 0.5) is 5.82 Å². The maximum absolute atomic E-state index is 12.5. The van der Waals surface area contributed by atoms with Crippen molar-refractivity contribution in [3.8, 4) is 11.4 Å². The quantitative estimate of drug-likeness (QED) is 0.672. The van der Waals surface area contributed by atoms with E-state index in [4.69, 9.17) is 10.5 Å². The first kappa shape index (κ1) is 17.2. The van der Waals surface area contributed by atoms with Crippen molar-refractivity contribution in [2.75, 3.05) is 5.73 Å². The number of amides is 2. The number of ether oxygens (including phenoxy) is 1. The lowest BCUT2D eigenvalue weighted by atomic mass is 10.1. The minimum absolute atomic E-state index is 0.000422. The van der Waals surface area contributed by atoms with Gasteiger partial charge in [0, 0.05) is 6.07 Å². The molecule has 1 aliphatic heterocycles. The molecule has 0 bridgehead atoms. The lowest BCUT2D eigenvalue weighted by Crippen LogP contribution is -2.24. The Balaban J connectivity index is 1.46. The third kappa shape index (κ3) is 2.70. The van der Waals surface area contributed by atoms with E-state index in [1.165, 1.54) is 15.7 Å². The molecule has 5 rings (SSSR count). The van der Waals surface area contributed by atoms with Gasteiger partial charge in [-0.1, -0.05) is 24.3 Å². The van der Waals surface area contributed by atoms with Gasteiger partial charge in [-0.3, -0.25) is 24.3 Å². The normalized spacial score (nSPS) is 17.0. The monoisotopic (exact) mass is 387 g/mol. The number of carbonyl (C=O) groups excluding carboxylic acids is 2. The summed E-state index contributed by atoms with van der Waals surface area (Å²) >= 11 is 0. The zero-order chi connectivity index (χ0) is 20.1. The van der Waals surface area contributed by atoms with E-state index >= 15 is 0 Å². The van der Waals surface area contributed by atoms with Gasteiger partial charge in [0.05, 0.1) is 16.8 Å². The average molecular weight is 387 g/mol. The Morgan fingerprint density at radius 1 is 1.00 bits per heavy atom. The Bertz CT molecular complexity index is 1230. The molecule has 3 N–H and O–H groups in total. The van der Waals surface area contributed by atoms with E-state index < -0.39 is 17.4 Å². The van der Waals surface area contributed by atoms with E-state index in [9.17, 15) is 14.4 Å². The van der Waals surface area contributed by atoms with Crippen LogP contribution in [0.25, 0.3) is 5.69 Å². The highest BCUT2D eigenvalue weighted by molar-refractivity contribution is 6.23.